The predicted molar refractivity (Wildman–Crippen MR) is 83.6 cm³/mol. The smallest absolute Gasteiger partial charge is 0.178 e. The van der Waals surface area contributed by atoms with Crippen molar-refractivity contribution in [2.24, 2.45) is 0 Å². The van der Waals surface area contributed by atoms with Gasteiger partial charge >= 0.3 is 0 Å². The van der Waals surface area contributed by atoms with E-state index in [1.165, 1.54) is 0 Å². The number of rotatable bonds is 3. The highest BCUT2D eigenvalue weighted by Crippen LogP contribution is 2.39. The largest absolute Gasteiger partial charge is 0.380 e. The van der Waals surface area contributed by atoms with Crippen LogP contribution in [0.5, 0.6) is 0 Å². The van der Waals surface area contributed by atoms with Crippen molar-refractivity contribution in [1.29, 1.82) is 0 Å². The Kier molecular flexibility index (Phi) is 3.48. The van der Waals surface area contributed by atoms with Gasteiger partial charge in [0.25, 0.3) is 0 Å². The fraction of sp³-hybridized carbons (Fsp3) is 0.0625. The number of nitrogen functional groups attached to an aromatic ring is 1. The van der Waals surface area contributed by atoms with Gasteiger partial charge in [-0.25, -0.2) is 0 Å². The van der Waals surface area contributed by atoms with Gasteiger partial charge in [0.2, 0.25) is 0 Å². The van der Waals surface area contributed by atoms with Crippen LogP contribution < -0.4 is 5.73 Å². The number of nitrogens with two attached hydrogens (primary N) is 1. The van der Waals surface area contributed by atoms with Crippen molar-refractivity contribution >= 4 is 17.6 Å². The molecule has 0 amide bonds. The van der Waals surface area contributed by atoms with Crippen molar-refractivity contribution in [3.8, 4) is 22.5 Å². The fourth-order valence-corrected chi connectivity index (χ4v) is 2.80. The van der Waals surface area contributed by atoms with Gasteiger partial charge < -0.3 is 10.3 Å². The molecule has 0 saturated heterocycles. The lowest BCUT2D eigenvalue weighted by Crippen LogP contribution is -1.89. The Morgan fingerprint density at radius 1 is 1.00 bits per heavy atom. The summed E-state index contributed by atoms with van der Waals surface area (Å²) < 4.78 is 5.49. The third-order valence-electron chi connectivity index (χ3n) is 3.13. The summed E-state index contributed by atoms with van der Waals surface area (Å²) in [5, 5.41) is 3.94. The van der Waals surface area contributed by atoms with Crippen molar-refractivity contribution in [2.45, 2.75) is 4.90 Å². The van der Waals surface area contributed by atoms with Crippen LogP contribution in [-0.4, -0.2) is 11.4 Å². The van der Waals surface area contributed by atoms with E-state index < -0.39 is 0 Å². The van der Waals surface area contributed by atoms with Crippen LogP contribution in [0, 0.1) is 0 Å². The molecule has 0 unspecified atom stereocenters. The van der Waals surface area contributed by atoms with E-state index in [1.807, 2.05) is 54.8 Å². The van der Waals surface area contributed by atoms with Crippen LogP contribution in [0.25, 0.3) is 22.5 Å². The molecule has 4 heteroatoms. The SMILES string of the molecule is CSc1ccccc1-c1onc(N)c1-c1ccccc1. The highest BCUT2D eigenvalue weighted by Gasteiger charge is 2.19. The molecule has 0 saturated carbocycles. The number of thioether (sulfide) groups is 1. The lowest BCUT2D eigenvalue weighted by Gasteiger charge is -2.06. The van der Waals surface area contributed by atoms with Crippen molar-refractivity contribution in [3.63, 3.8) is 0 Å². The molecule has 0 fully saturated rings. The van der Waals surface area contributed by atoms with Crippen molar-refractivity contribution < 1.29 is 4.52 Å². The minimum absolute atomic E-state index is 0.419. The molecular formula is C16H14N2OS. The van der Waals surface area contributed by atoms with E-state index in [4.69, 9.17) is 10.3 Å². The number of hydrogen-bond acceptors (Lipinski definition) is 4. The number of aromatic nitrogens is 1. The third kappa shape index (κ3) is 2.18. The Bertz CT molecular complexity index is 722. The molecule has 0 bridgehead atoms. The summed E-state index contributed by atoms with van der Waals surface area (Å²) in [6.07, 6.45) is 2.04. The summed E-state index contributed by atoms with van der Waals surface area (Å²) in [7, 11) is 0. The average Bonchev–Trinajstić information content (AvgIpc) is 2.89. The van der Waals surface area contributed by atoms with E-state index in [9.17, 15) is 0 Å². The molecule has 0 atom stereocenters. The Morgan fingerprint density at radius 2 is 1.70 bits per heavy atom. The maximum Gasteiger partial charge on any atom is 0.178 e. The van der Waals surface area contributed by atoms with Crippen LogP contribution in [0.1, 0.15) is 0 Å². The topological polar surface area (TPSA) is 52.0 Å². The Hall–Kier alpha value is -2.20. The first kappa shape index (κ1) is 12.8. The van der Waals surface area contributed by atoms with Crippen LogP contribution in [0.15, 0.2) is 64.0 Å². The summed E-state index contributed by atoms with van der Waals surface area (Å²) in [6.45, 7) is 0. The molecular weight excluding hydrogens is 268 g/mol. The highest BCUT2D eigenvalue weighted by molar-refractivity contribution is 7.98. The van der Waals surface area contributed by atoms with Crippen LogP contribution in [0.4, 0.5) is 5.82 Å². The minimum Gasteiger partial charge on any atom is -0.380 e. The van der Waals surface area contributed by atoms with E-state index in [0.717, 1.165) is 27.3 Å². The fourth-order valence-electron chi connectivity index (χ4n) is 2.20. The second kappa shape index (κ2) is 5.43. The Labute approximate surface area is 121 Å². The molecule has 2 N–H and O–H groups in total. The zero-order chi connectivity index (χ0) is 13.9. The van der Waals surface area contributed by atoms with Gasteiger partial charge in [-0.2, -0.15) is 0 Å². The first-order chi connectivity index (χ1) is 9.81. The summed E-state index contributed by atoms with van der Waals surface area (Å²) in [6, 6.07) is 18.0. The van der Waals surface area contributed by atoms with E-state index >= 15 is 0 Å². The molecule has 3 rings (SSSR count). The summed E-state index contributed by atoms with van der Waals surface area (Å²) in [5.41, 5.74) is 8.87. The van der Waals surface area contributed by atoms with Gasteiger partial charge in [-0.05, 0) is 24.0 Å². The van der Waals surface area contributed by atoms with Crippen LogP contribution in [0.2, 0.25) is 0 Å². The van der Waals surface area contributed by atoms with Gasteiger partial charge in [0.15, 0.2) is 11.6 Å². The summed E-state index contributed by atoms with van der Waals surface area (Å²) >= 11 is 1.67. The molecule has 3 nitrogen and oxygen atoms in total. The molecule has 0 aliphatic heterocycles. The van der Waals surface area contributed by atoms with Gasteiger partial charge in [-0.15, -0.1) is 11.8 Å². The number of hydrogen-bond donors (Lipinski definition) is 1. The average molecular weight is 282 g/mol. The third-order valence-corrected chi connectivity index (χ3v) is 3.93. The van der Waals surface area contributed by atoms with Crippen molar-refractivity contribution in [1.82, 2.24) is 5.16 Å². The highest BCUT2D eigenvalue weighted by atomic mass is 32.2. The van der Waals surface area contributed by atoms with Crippen molar-refractivity contribution in [3.05, 3.63) is 54.6 Å². The molecule has 100 valence electrons. The number of benzene rings is 2. The van der Waals surface area contributed by atoms with Crippen LogP contribution in [-0.2, 0) is 0 Å². The molecule has 2 aromatic carbocycles. The van der Waals surface area contributed by atoms with Gasteiger partial charge in [0, 0.05) is 10.5 Å². The van der Waals surface area contributed by atoms with E-state index in [1.54, 1.807) is 11.8 Å². The van der Waals surface area contributed by atoms with Gasteiger partial charge in [0.1, 0.15) is 0 Å². The van der Waals surface area contributed by atoms with Crippen molar-refractivity contribution in [2.75, 3.05) is 12.0 Å². The quantitative estimate of drug-likeness (QED) is 0.727. The van der Waals surface area contributed by atoms with Gasteiger partial charge in [0.05, 0.1) is 5.56 Å². The Morgan fingerprint density at radius 3 is 2.45 bits per heavy atom. The Balaban J connectivity index is 2.22. The maximum atomic E-state index is 5.99. The summed E-state index contributed by atoms with van der Waals surface area (Å²) in [5.74, 6) is 1.14. The lowest BCUT2D eigenvalue weighted by molar-refractivity contribution is 0.435. The van der Waals surface area contributed by atoms with E-state index in [2.05, 4.69) is 11.2 Å². The zero-order valence-corrected chi connectivity index (χ0v) is 11.9. The number of nitrogens with zero attached hydrogens (tertiary/aromatic N) is 1. The minimum atomic E-state index is 0.419. The van der Waals surface area contributed by atoms with Gasteiger partial charge in [-0.3, -0.25) is 0 Å². The molecule has 1 heterocycles. The van der Waals surface area contributed by atoms with Crippen LogP contribution >= 0.6 is 11.8 Å². The first-order valence-corrected chi connectivity index (χ1v) is 7.47. The lowest BCUT2D eigenvalue weighted by atomic mass is 10.0. The second-order valence-electron chi connectivity index (χ2n) is 4.34. The second-order valence-corrected chi connectivity index (χ2v) is 5.19. The van der Waals surface area contributed by atoms with Crippen LogP contribution in [0.3, 0.4) is 0 Å². The predicted octanol–water partition coefficient (Wildman–Crippen LogP) is 4.31. The number of anilines is 1. The zero-order valence-electron chi connectivity index (χ0n) is 11.0. The van der Waals surface area contributed by atoms with E-state index in [-0.39, 0.29) is 0 Å². The summed E-state index contributed by atoms with van der Waals surface area (Å²) in [4.78, 5) is 1.14. The maximum absolute atomic E-state index is 5.99. The standard InChI is InChI=1S/C16H14N2OS/c1-20-13-10-6-5-9-12(13)15-14(16(17)18-19-15)11-7-3-2-4-8-11/h2-10H,1H3,(H2,17,18). The molecule has 0 spiro atoms. The normalized spacial score (nSPS) is 10.7. The first-order valence-electron chi connectivity index (χ1n) is 6.25. The molecule has 1 aromatic heterocycles. The molecule has 0 radical (unpaired) electrons. The monoisotopic (exact) mass is 282 g/mol. The van der Waals surface area contributed by atoms with E-state index in [0.29, 0.717) is 5.82 Å². The molecule has 20 heavy (non-hydrogen) atoms. The van der Waals surface area contributed by atoms with Gasteiger partial charge in [-0.1, -0.05) is 47.6 Å². The molecule has 3 aromatic rings. The molecule has 0 aliphatic carbocycles. The molecule has 0 aliphatic rings.